The molecule has 5 rings (SSSR count). The molecule has 0 spiro atoms. The molecular formula is C16H11N2OS2+. The van der Waals surface area contributed by atoms with E-state index in [9.17, 15) is 0 Å². The largest absolute Gasteiger partial charge is 0.455 e. The lowest BCUT2D eigenvalue weighted by Crippen LogP contribution is -2.32. The average molecular weight is 311 g/mol. The van der Waals surface area contributed by atoms with Crippen LogP contribution in [0, 0.1) is 6.92 Å². The van der Waals surface area contributed by atoms with Crippen LogP contribution in [0.2, 0.25) is 0 Å². The first-order chi connectivity index (χ1) is 10.2. The summed E-state index contributed by atoms with van der Waals surface area (Å²) in [4.78, 5) is 5.54. The lowest BCUT2D eigenvalue weighted by atomic mass is 9.97. The molecule has 0 atom stereocenters. The summed E-state index contributed by atoms with van der Waals surface area (Å²) >= 11 is 3.40. The fraction of sp³-hybridized carbons (Fsp3) is 0.125. The molecule has 1 aliphatic rings. The van der Waals surface area contributed by atoms with E-state index >= 15 is 0 Å². The van der Waals surface area contributed by atoms with Crippen molar-refractivity contribution in [2.45, 2.75) is 6.92 Å². The maximum Gasteiger partial charge on any atom is 0.288 e. The van der Waals surface area contributed by atoms with Crippen molar-refractivity contribution >= 4 is 43.0 Å². The van der Waals surface area contributed by atoms with Gasteiger partial charge in [-0.2, -0.15) is 0 Å². The standard InChI is InChI=1S/C16H11N2OS2/c1-8-9-3-4-20-12(9)5-10-13(8)15-14-11(19-10)6-21-16(14)17-7-18(15)2/h3-7H,1-2H3/q+1. The summed E-state index contributed by atoms with van der Waals surface area (Å²) < 4.78 is 9.54. The third-order valence-corrected chi connectivity index (χ3v) is 5.84. The topological polar surface area (TPSA) is 26.0 Å². The number of thiophene rings is 2. The van der Waals surface area contributed by atoms with Gasteiger partial charge in [-0.15, -0.1) is 11.3 Å². The maximum atomic E-state index is 6.17. The van der Waals surface area contributed by atoms with Crippen LogP contribution in [-0.2, 0) is 7.05 Å². The predicted octanol–water partition coefficient (Wildman–Crippen LogP) is 4.42. The number of rotatable bonds is 0. The summed E-state index contributed by atoms with van der Waals surface area (Å²) in [5.74, 6) is 1.88. The second kappa shape index (κ2) is 3.81. The highest BCUT2D eigenvalue weighted by Crippen LogP contribution is 2.49. The van der Waals surface area contributed by atoms with Crippen LogP contribution in [0.15, 0.2) is 29.2 Å². The number of hydrogen-bond acceptors (Lipinski definition) is 4. The average Bonchev–Trinajstić information content (AvgIpc) is 3.09. The summed E-state index contributed by atoms with van der Waals surface area (Å²) in [6.45, 7) is 2.18. The number of aryl methyl sites for hydroxylation is 2. The first-order valence-electron chi connectivity index (χ1n) is 6.69. The zero-order valence-electron chi connectivity index (χ0n) is 11.5. The Morgan fingerprint density at radius 2 is 2.14 bits per heavy atom. The molecule has 0 radical (unpaired) electrons. The van der Waals surface area contributed by atoms with E-state index in [1.807, 2.05) is 6.33 Å². The van der Waals surface area contributed by atoms with E-state index in [-0.39, 0.29) is 0 Å². The molecule has 0 N–H and O–H groups in total. The number of hydrogen-bond donors (Lipinski definition) is 0. The molecule has 0 aliphatic carbocycles. The van der Waals surface area contributed by atoms with Gasteiger partial charge in [0.15, 0.2) is 11.4 Å². The van der Waals surface area contributed by atoms with Crippen LogP contribution in [0.4, 0.5) is 0 Å². The number of ether oxygens (including phenoxy) is 1. The zero-order chi connectivity index (χ0) is 14.1. The van der Waals surface area contributed by atoms with Gasteiger partial charge in [-0.3, -0.25) is 0 Å². The smallest absolute Gasteiger partial charge is 0.288 e. The monoisotopic (exact) mass is 311 g/mol. The van der Waals surface area contributed by atoms with Gasteiger partial charge >= 0.3 is 0 Å². The highest BCUT2D eigenvalue weighted by atomic mass is 32.1. The van der Waals surface area contributed by atoms with E-state index in [1.165, 1.54) is 26.9 Å². The van der Waals surface area contributed by atoms with Crippen LogP contribution in [-0.4, -0.2) is 4.98 Å². The fourth-order valence-corrected chi connectivity index (χ4v) is 4.82. The van der Waals surface area contributed by atoms with Gasteiger partial charge in [0.25, 0.3) is 6.33 Å². The van der Waals surface area contributed by atoms with Gasteiger partial charge < -0.3 is 4.74 Å². The van der Waals surface area contributed by atoms with E-state index < -0.39 is 0 Å². The summed E-state index contributed by atoms with van der Waals surface area (Å²) in [6.07, 6.45) is 1.89. The Morgan fingerprint density at radius 3 is 3.05 bits per heavy atom. The van der Waals surface area contributed by atoms with E-state index in [2.05, 4.69) is 46.4 Å². The van der Waals surface area contributed by atoms with Gasteiger partial charge in [0, 0.05) is 10.1 Å². The van der Waals surface area contributed by atoms with Gasteiger partial charge in [0.05, 0.1) is 12.6 Å². The molecule has 4 heterocycles. The highest BCUT2D eigenvalue weighted by Gasteiger charge is 2.30. The summed E-state index contributed by atoms with van der Waals surface area (Å²) in [7, 11) is 2.05. The molecule has 21 heavy (non-hydrogen) atoms. The Bertz CT molecular complexity index is 1050. The van der Waals surface area contributed by atoms with Crippen LogP contribution in [0.5, 0.6) is 11.5 Å². The molecule has 0 saturated carbocycles. The molecule has 1 aliphatic heterocycles. The summed E-state index contributed by atoms with van der Waals surface area (Å²) in [6, 6.07) is 4.35. The molecule has 0 unspecified atom stereocenters. The fourth-order valence-electron chi connectivity index (χ4n) is 3.14. The van der Waals surface area contributed by atoms with Crippen molar-refractivity contribution in [1.29, 1.82) is 0 Å². The van der Waals surface area contributed by atoms with Gasteiger partial charge in [-0.1, -0.05) is 11.3 Å². The van der Waals surface area contributed by atoms with E-state index in [4.69, 9.17) is 4.74 Å². The van der Waals surface area contributed by atoms with Gasteiger partial charge in [-0.05, 0) is 40.4 Å². The van der Waals surface area contributed by atoms with Gasteiger partial charge in [0.2, 0.25) is 4.83 Å². The Kier molecular flexibility index (Phi) is 2.11. The van der Waals surface area contributed by atoms with Crippen LogP contribution >= 0.6 is 22.7 Å². The maximum absolute atomic E-state index is 6.17. The Labute approximate surface area is 129 Å². The van der Waals surface area contributed by atoms with Crippen molar-refractivity contribution in [3.8, 4) is 22.8 Å². The van der Waals surface area contributed by atoms with Crippen LogP contribution in [0.25, 0.3) is 31.6 Å². The number of benzene rings is 1. The molecular weight excluding hydrogens is 300 g/mol. The molecule has 5 heteroatoms. The lowest BCUT2D eigenvalue weighted by Gasteiger charge is -2.19. The first kappa shape index (κ1) is 11.7. The van der Waals surface area contributed by atoms with Crippen molar-refractivity contribution in [2.75, 3.05) is 0 Å². The number of aromatic nitrogens is 2. The van der Waals surface area contributed by atoms with Crippen LogP contribution in [0.1, 0.15) is 5.56 Å². The van der Waals surface area contributed by atoms with Crippen molar-refractivity contribution < 1.29 is 9.30 Å². The Hall–Kier alpha value is -1.98. The van der Waals surface area contributed by atoms with Gasteiger partial charge in [-0.25, -0.2) is 4.57 Å². The molecule has 4 aromatic rings. The highest BCUT2D eigenvalue weighted by molar-refractivity contribution is 7.17. The predicted molar refractivity (Wildman–Crippen MR) is 86.4 cm³/mol. The molecule has 1 aromatic carbocycles. The minimum atomic E-state index is 0.927. The van der Waals surface area contributed by atoms with E-state index in [0.717, 1.165) is 21.7 Å². The third-order valence-electron chi connectivity index (χ3n) is 4.12. The lowest BCUT2D eigenvalue weighted by molar-refractivity contribution is -0.662. The van der Waals surface area contributed by atoms with Crippen molar-refractivity contribution in [3.05, 3.63) is 34.8 Å². The van der Waals surface area contributed by atoms with Crippen molar-refractivity contribution in [2.24, 2.45) is 7.05 Å². The number of nitrogens with zero attached hydrogens (tertiary/aromatic N) is 2. The molecule has 3 aromatic heterocycles. The normalized spacial score (nSPS) is 12.7. The van der Waals surface area contributed by atoms with Crippen molar-refractivity contribution in [3.63, 3.8) is 0 Å². The summed E-state index contributed by atoms with van der Waals surface area (Å²) in [5.41, 5.74) is 3.69. The minimum absolute atomic E-state index is 0.927. The quantitative estimate of drug-likeness (QED) is 0.396. The molecule has 0 saturated heterocycles. The molecule has 0 amide bonds. The Balaban J connectivity index is 2.04. The first-order valence-corrected chi connectivity index (χ1v) is 8.45. The SMILES string of the molecule is Cc1c2c(cc3sccc13)Oc1csc3nc[n+](C)c-2c13. The van der Waals surface area contributed by atoms with Crippen molar-refractivity contribution in [1.82, 2.24) is 4.98 Å². The Morgan fingerprint density at radius 1 is 1.24 bits per heavy atom. The molecule has 0 bridgehead atoms. The number of fused-ring (bicyclic) bond motifs is 3. The molecule has 3 nitrogen and oxygen atoms in total. The zero-order valence-corrected chi connectivity index (χ0v) is 13.1. The second-order valence-electron chi connectivity index (χ2n) is 5.29. The van der Waals surface area contributed by atoms with E-state index in [0.29, 0.717) is 0 Å². The van der Waals surface area contributed by atoms with E-state index in [1.54, 1.807) is 22.7 Å². The van der Waals surface area contributed by atoms with Crippen LogP contribution in [0.3, 0.4) is 0 Å². The van der Waals surface area contributed by atoms with Gasteiger partial charge in [0.1, 0.15) is 11.1 Å². The molecule has 102 valence electrons. The summed E-state index contributed by atoms with van der Waals surface area (Å²) in [5, 5.41) is 6.64. The third kappa shape index (κ3) is 1.37. The minimum Gasteiger partial charge on any atom is -0.455 e. The second-order valence-corrected chi connectivity index (χ2v) is 7.10. The van der Waals surface area contributed by atoms with Crippen LogP contribution < -0.4 is 9.30 Å². The molecule has 0 fully saturated rings.